The zero-order valence-corrected chi connectivity index (χ0v) is 14.9. The maximum atomic E-state index is 11.1. The summed E-state index contributed by atoms with van der Waals surface area (Å²) in [6.45, 7) is 6.73. The normalized spacial score (nSPS) is 14.7. The van der Waals surface area contributed by atoms with E-state index in [1.54, 1.807) is 0 Å². The van der Waals surface area contributed by atoms with E-state index in [-0.39, 0.29) is 4.90 Å². The molecule has 0 saturated carbocycles. The van der Waals surface area contributed by atoms with Gasteiger partial charge in [-0.2, -0.15) is 8.42 Å². The minimum atomic E-state index is -4.09. The number of rotatable bonds is 10. The van der Waals surface area contributed by atoms with Crippen molar-refractivity contribution in [1.29, 1.82) is 0 Å². The van der Waals surface area contributed by atoms with Gasteiger partial charge in [0.2, 0.25) is 0 Å². The second-order valence-corrected chi connectivity index (χ2v) is 7.78. The molecule has 0 aliphatic carbocycles. The highest BCUT2D eigenvalue weighted by atomic mass is 32.2. The highest BCUT2D eigenvalue weighted by molar-refractivity contribution is 7.85. The lowest BCUT2D eigenvalue weighted by atomic mass is 9.88. The summed E-state index contributed by atoms with van der Waals surface area (Å²) in [7, 11) is -4.09. The zero-order chi connectivity index (χ0) is 16.6. The molecule has 1 N–H and O–H groups in total. The van der Waals surface area contributed by atoms with Gasteiger partial charge in [0.1, 0.15) is 0 Å². The Morgan fingerprint density at radius 2 is 1.55 bits per heavy atom. The third-order valence-electron chi connectivity index (χ3n) is 4.32. The summed E-state index contributed by atoms with van der Waals surface area (Å²) in [4.78, 5) is -0.0249. The maximum absolute atomic E-state index is 11.1. The first-order valence-corrected chi connectivity index (χ1v) is 9.89. The van der Waals surface area contributed by atoms with Crippen LogP contribution in [0.2, 0.25) is 0 Å². The summed E-state index contributed by atoms with van der Waals surface area (Å²) in [5.74, 6) is 1.27. The van der Waals surface area contributed by atoms with Crippen LogP contribution in [0.1, 0.15) is 77.2 Å². The maximum Gasteiger partial charge on any atom is 0.294 e. The van der Waals surface area contributed by atoms with Gasteiger partial charge in [-0.15, -0.1) is 0 Å². The molecule has 0 aliphatic heterocycles. The van der Waals surface area contributed by atoms with Crippen LogP contribution in [0.3, 0.4) is 0 Å². The minimum absolute atomic E-state index is 0.0249. The van der Waals surface area contributed by atoms with E-state index in [9.17, 15) is 8.42 Å². The summed E-state index contributed by atoms with van der Waals surface area (Å²) >= 11 is 0. The summed E-state index contributed by atoms with van der Waals surface area (Å²) < 4.78 is 31.3. The summed E-state index contributed by atoms with van der Waals surface area (Å²) in [5, 5.41) is 0. The predicted octanol–water partition coefficient (Wildman–Crippen LogP) is 5.42. The van der Waals surface area contributed by atoms with Crippen molar-refractivity contribution in [2.45, 2.75) is 76.5 Å². The van der Waals surface area contributed by atoms with Crippen LogP contribution in [-0.2, 0) is 10.1 Å². The molecule has 0 aliphatic rings. The SMILES string of the molecule is CCCC(C)CCCC(CCC)c1ccc(S(=O)(=O)O)cc1. The van der Waals surface area contributed by atoms with Crippen molar-refractivity contribution in [3.63, 3.8) is 0 Å². The van der Waals surface area contributed by atoms with Crippen molar-refractivity contribution >= 4 is 10.1 Å². The Balaban J connectivity index is 2.66. The Morgan fingerprint density at radius 3 is 2.05 bits per heavy atom. The van der Waals surface area contributed by atoms with Gasteiger partial charge >= 0.3 is 0 Å². The number of hydrogen-bond acceptors (Lipinski definition) is 2. The molecule has 0 saturated heterocycles. The van der Waals surface area contributed by atoms with E-state index < -0.39 is 10.1 Å². The first-order chi connectivity index (χ1) is 10.4. The van der Waals surface area contributed by atoms with Crippen LogP contribution >= 0.6 is 0 Å². The van der Waals surface area contributed by atoms with Crippen LogP contribution in [0, 0.1) is 5.92 Å². The van der Waals surface area contributed by atoms with Gasteiger partial charge in [-0.1, -0.05) is 65.0 Å². The minimum Gasteiger partial charge on any atom is -0.282 e. The van der Waals surface area contributed by atoms with E-state index in [1.165, 1.54) is 43.4 Å². The van der Waals surface area contributed by atoms with Gasteiger partial charge in [0.15, 0.2) is 0 Å². The molecule has 0 amide bonds. The standard InChI is InChI=1S/C18H30O3S/c1-4-7-15(3)9-6-10-16(8-5-2)17-11-13-18(14-12-17)22(19,20)21/h11-16H,4-10H2,1-3H3,(H,19,20,21). The van der Waals surface area contributed by atoms with Gasteiger partial charge in [-0.3, -0.25) is 4.55 Å². The highest BCUT2D eigenvalue weighted by Crippen LogP contribution is 2.29. The van der Waals surface area contributed by atoms with E-state index in [0.717, 1.165) is 25.2 Å². The molecule has 1 rings (SSSR count). The van der Waals surface area contributed by atoms with Gasteiger partial charge in [0.25, 0.3) is 10.1 Å². The molecular weight excluding hydrogens is 296 g/mol. The predicted molar refractivity (Wildman–Crippen MR) is 91.8 cm³/mol. The second-order valence-electron chi connectivity index (χ2n) is 6.35. The summed E-state index contributed by atoms with van der Waals surface area (Å²) in [5.41, 5.74) is 1.18. The third kappa shape index (κ3) is 6.49. The lowest BCUT2D eigenvalue weighted by Gasteiger charge is -2.18. The monoisotopic (exact) mass is 326 g/mol. The van der Waals surface area contributed by atoms with Crippen LogP contribution in [0.5, 0.6) is 0 Å². The molecule has 0 radical (unpaired) electrons. The van der Waals surface area contributed by atoms with Crippen molar-refractivity contribution in [3.8, 4) is 0 Å². The van der Waals surface area contributed by atoms with Crippen LogP contribution in [0.25, 0.3) is 0 Å². The molecule has 2 unspecified atom stereocenters. The Bertz CT molecular complexity index is 520. The molecule has 0 bridgehead atoms. The number of hydrogen-bond donors (Lipinski definition) is 1. The molecule has 2 atom stereocenters. The summed E-state index contributed by atoms with van der Waals surface area (Å²) in [6, 6.07) is 6.71. The quantitative estimate of drug-likeness (QED) is 0.584. The molecule has 0 aromatic heterocycles. The molecule has 4 heteroatoms. The molecule has 1 aromatic rings. The second kappa shape index (κ2) is 9.31. The van der Waals surface area contributed by atoms with Crippen LogP contribution < -0.4 is 0 Å². The van der Waals surface area contributed by atoms with Gasteiger partial charge in [-0.05, 0) is 42.4 Å². The molecule has 22 heavy (non-hydrogen) atoms. The van der Waals surface area contributed by atoms with Crippen molar-refractivity contribution in [2.24, 2.45) is 5.92 Å². The van der Waals surface area contributed by atoms with Gasteiger partial charge in [0.05, 0.1) is 4.90 Å². The van der Waals surface area contributed by atoms with Gasteiger partial charge in [0, 0.05) is 0 Å². The van der Waals surface area contributed by atoms with Crippen LogP contribution in [0.15, 0.2) is 29.2 Å². The molecule has 0 fully saturated rings. The first kappa shape index (κ1) is 19.2. The van der Waals surface area contributed by atoms with Crippen molar-refractivity contribution in [3.05, 3.63) is 29.8 Å². The fourth-order valence-corrected chi connectivity index (χ4v) is 3.57. The summed E-state index contributed by atoms with van der Waals surface area (Å²) in [6.07, 6.45) is 8.40. The van der Waals surface area contributed by atoms with Gasteiger partial charge < -0.3 is 0 Å². The van der Waals surface area contributed by atoms with E-state index in [2.05, 4.69) is 20.8 Å². The van der Waals surface area contributed by atoms with Crippen molar-refractivity contribution < 1.29 is 13.0 Å². The van der Waals surface area contributed by atoms with E-state index >= 15 is 0 Å². The number of benzene rings is 1. The largest absolute Gasteiger partial charge is 0.294 e. The molecule has 3 nitrogen and oxygen atoms in total. The molecule has 0 spiro atoms. The fraction of sp³-hybridized carbons (Fsp3) is 0.667. The topological polar surface area (TPSA) is 54.4 Å². The Labute approximate surface area is 135 Å². The first-order valence-electron chi connectivity index (χ1n) is 8.45. The van der Waals surface area contributed by atoms with Crippen molar-refractivity contribution in [2.75, 3.05) is 0 Å². The van der Waals surface area contributed by atoms with E-state index in [1.807, 2.05) is 12.1 Å². The Kier molecular flexibility index (Phi) is 8.12. The molecule has 1 aromatic carbocycles. The Hall–Kier alpha value is -0.870. The average Bonchev–Trinajstić information content (AvgIpc) is 2.46. The van der Waals surface area contributed by atoms with Gasteiger partial charge in [-0.25, -0.2) is 0 Å². The Morgan fingerprint density at radius 1 is 0.955 bits per heavy atom. The smallest absolute Gasteiger partial charge is 0.282 e. The third-order valence-corrected chi connectivity index (χ3v) is 5.19. The molecule has 126 valence electrons. The van der Waals surface area contributed by atoms with Crippen LogP contribution in [-0.4, -0.2) is 13.0 Å². The van der Waals surface area contributed by atoms with E-state index in [0.29, 0.717) is 5.92 Å². The lowest BCUT2D eigenvalue weighted by Crippen LogP contribution is -2.03. The van der Waals surface area contributed by atoms with E-state index in [4.69, 9.17) is 4.55 Å². The molecular formula is C18H30O3S. The van der Waals surface area contributed by atoms with Crippen molar-refractivity contribution in [1.82, 2.24) is 0 Å². The lowest BCUT2D eigenvalue weighted by molar-refractivity contribution is 0.436. The average molecular weight is 327 g/mol. The fourth-order valence-electron chi connectivity index (χ4n) is 3.09. The zero-order valence-electron chi connectivity index (χ0n) is 14.1. The molecule has 0 heterocycles. The van der Waals surface area contributed by atoms with Crippen LogP contribution in [0.4, 0.5) is 0 Å². The highest BCUT2D eigenvalue weighted by Gasteiger charge is 2.14.